The van der Waals surface area contributed by atoms with Gasteiger partial charge in [0.2, 0.25) is 4.80 Å². The number of hydrogen-bond acceptors (Lipinski definition) is 3. The Bertz CT molecular complexity index is 523. The molecule has 3 nitrogen and oxygen atoms in total. The molecule has 1 aromatic heterocycles. The number of benzene rings is 1. The highest BCUT2D eigenvalue weighted by Gasteiger charge is 2.08. The van der Waals surface area contributed by atoms with E-state index in [0.29, 0.717) is 0 Å². The number of rotatable bonds is 1. The second-order valence-electron chi connectivity index (χ2n) is 3.34. The second kappa shape index (κ2) is 3.90. The van der Waals surface area contributed by atoms with Crippen molar-refractivity contribution in [3.8, 4) is 11.3 Å². The molecule has 0 aliphatic heterocycles. The molecule has 78 valence electrons. The molecule has 0 atom stereocenters. The van der Waals surface area contributed by atoms with Crippen LogP contribution >= 0.6 is 11.3 Å². The van der Waals surface area contributed by atoms with Crippen molar-refractivity contribution in [1.29, 1.82) is 0 Å². The molecule has 2 rings (SSSR count). The lowest BCUT2D eigenvalue weighted by Crippen LogP contribution is -2.13. The third-order valence-electron chi connectivity index (χ3n) is 2.36. The first-order valence-corrected chi connectivity index (χ1v) is 5.51. The molecule has 0 fully saturated rings. The summed E-state index contributed by atoms with van der Waals surface area (Å²) in [6.07, 6.45) is 0. The van der Waals surface area contributed by atoms with Crippen molar-refractivity contribution >= 4 is 11.3 Å². The van der Waals surface area contributed by atoms with Crippen molar-refractivity contribution in [1.82, 2.24) is 4.57 Å². The third-order valence-corrected chi connectivity index (χ3v) is 3.42. The van der Waals surface area contributed by atoms with E-state index in [1.807, 2.05) is 29.8 Å². The molecule has 1 aromatic carbocycles. The molecule has 15 heavy (non-hydrogen) atoms. The van der Waals surface area contributed by atoms with E-state index in [1.165, 1.54) is 16.1 Å². The van der Waals surface area contributed by atoms with Crippen molar-refractivity contribution in [3.05, 3.63) is 40.0 Å². The predicted octanol–water partition coefficient (Wildman–Crippen LogP) is 1.84. The number of nitrogens with zero attached hydrogens (tertiary/aromatic N) is 2. The van der Waals surface area contributed by atoms with E-state index < -0.39 is 0 Å². The summed E-state index contributed by atoms with van der Waals surface area (Å²) < 4.78 is 2.02. The number of nitrogens with two attached hydrogens (primary N) is 1. The van der Waals surface area contributed by atoms with Gasteiger partial charge in [0.1, 0.15) is 0 Å². The fraction of sp³-hybridized carbons (Fsp3) is 0.182. The number of hydrogen-bond donors (Lipinski definition) is 1. The fourth-order valence-corrected chi connectivity index (χ4v) is 2.60. The molecular weight excluding hydrogens is 206 g/mol. The summed E-state index contributed by atoms with van der Waals surface area (Å²) in [4.78, 5) is 2.07. The molecule has 0 saturated carbocycles. The average Bonchev–Trinajstić information content (AvgIpc) is 2.55. The largest absolute Gasteiger partial charge is 0.320 e. The van der Waals surface area contributed by atoms with Gasteiger partial charge in [-0.15, -0.1) is 0 Å². The van der Waals surface area contributed by atoms with Gasteiger partial charge < -0.3 is 10.4 Å². The van der Waals surface area contributed by atoms with Crippen molar-refractivity contribution < 1.29 is 0 Å². The van der Waals surface area contributed by atoms with Gasteiger partial charge in [0, 0.05) is 11.9 Å². The fourth-order valence-electron chi connectivity index (χ4n) is 1.69. The minimum absolute atomic E-state index is 0.839. The van der Waals surface area contributed by atoms with Crippen molar-refractivity contribution in [3.63, 3.8) is 0 Å². The Morgan fingerprint density at radius 2 is 1.93 bits per heavy atom. The van der Waals surface area contributed by atoms with E-state index in [9.17, 15) is 0 Å². The standard InChI is InChI=1S/C11H13N3S/c1-8-10(9-6-4-3-5-7-9)14(2)11(13-12)15-8/h3-7H,12H2,1-2H3/b13-11-. The maximum atomic E-state index is 5.33. The van der Waals surface area contributed by atoms with Gasteiger partial charge in [-0.1, -0.05) is 41.7 Å². The Kier molecular flexibility index (Phi) is 2.60. The Morgan fingerprint density at radius 1 is 1.27 bits per heavy atom. The summed E-state index contributed by atoms with van der Waals surface area (Å²) in [5.41, 5.74) is 2.38. The van der Waals surface area contributed by atoms with Crippen LogP contribution in [0.4, 0.5) is 0 Å². The van der Waals surface area contributed by atoms with Crippen LogP contribution in [0, 0.1) is 6.92 Å². The van der Waals surface area contributed by atoms with Crippen LogP contribution in [0.2, 0.25) is 0 Å². The number of aryl methyl sites for hydroxylation is 1. The van der Waals surface area contributed by atoms with Gasteiger partial charge in [0.25, 0.3) is 0 Å². The third kappa shape index (κ3) is 1.68. The van der Waals surface area contributed by atoms with Crippen LogP contribution in [0.3, 0.4) is 0 Å². The zero-order chi connectivity index (χ0) is 10.8. The van der Waals surface area contributed by atoms with Gasteiger partial charge in [-0.3, -0.25) is 0 Å². The SMILES string of the molecule is Cc1s/c(=N\N)n(C)c1-c1ccccc1. The van der Waals surface area contributed by atoms with Crippen LogP contribution in [-0.4, -0.2) is 4.57 Å². The average molecular weight is 219 g/mol. The van der Waals surface area contributed by atoms with Gasteiger partial charge in [-0.05, 0) is 12.5 Å². The minimum atomic E-state index is 0.839. The molecule has 1 heterocycles. The van der Waals surface area contributed by atoms with Crippen LogP contribution < -0.4 is 10.6 Å². The highest BCUT2D eigenvalue weighted by Crippen LogP contribution is 2.23. The van der Waals surface area contributed by atoms with Crippen molar-refractivity contribution in [2.24, 2.45) is 18.0 Å². The first kappa shape index (κ1) is 9.98. The Balaban J connectivity index is 2.69. The number of thiazole rings is 1. The first-order chi connectivity index (χ1) is 7.24. The van der Waals surface area contributed by atoms with E-state index in [1.54, 1.807) is 11.3 Å². The van der Waals surface area contributed by atoms with Gasteiger partial charge in [0.05, 0.1) is 5.69 Å². The van der Waals surface area contributed by atoms with E-state index in [4.69, 9.17) is 5.84 Å². The topological polar surface area (TPSA) is 43.3 Å². The van der Waals surface area contributed by atoms with E-state index in [-0.39, 0.29) is 0 Å². The van der Waals surface area contributed by atoms with Crippen LogP contribution in [-0.2, 0) is 7.05 Å². The summed E-state index contributed by atoms with van der Waals surface area (Å²) in [6.45, 7) is 2.08. The molecular formula is C11H13N3S. The molecule has 0 unspecified atom stereocenters. The van der Waals surface area contributed by atoms with Crippen molar-refractivity contribution in [2.45, 2.75) is 6.92 Å². The van der Waals surface area contributed by atoms with Gasteiger partial charge >= 0.3 is 0 Å². The smallest absolute Gasteiger partial charge is 0.207 e. The lowest BCUT2D eigenvalue weighted by atomic mass is 10.1. The molecule has 0 bridgehead atoms. The lowest BCUT2D eigenvalue weighted by Gasteiger charge is -2.03. The monoisotopic (exact) mass is 219 g/mol. The van der Waals surface area contributed by atoms with Crippen molar-refractivity contribution in [2.75, 3.05) is 0 Å². The maximum Gasteiger partial charge on any atom is 0.207 e. The normalized spacial score (nSPS) is 12.0. The van der Waals surface area contributed by atoms with Crippen LogP contribution in [0.25, 0.3) is 11.3 Å². The Labute approximate surface area is 92.5 Å². The highest BCUT2D eigenvalue weighted by atomic mass is 32.1. The summed E-state index contributed by atoms with van der Waals surface area (Å²) in [6, 6.07) is 10.3. The molecule has 2 N–H and O–H groups in total. The second-order valence-corrected chi connectivity index (χ2v) is 4.53. The summed E-state index contributed by atoms with van der Waals surface area (Å²) >= 11 is 1.61. The van der Waals surface area contributed by atoms with Gasteiger partial charge in [-0.2, -0.15) is 5.10 Å². The molecule has 0 aliphatic carbocycles. The molecule has 0 saturated heterocycles. The van der Waals surface area contributed by atoms with Gasteiger partial charge in [-0.25, -0.2) is 0 Å². The highest BCUT2D eigenvalue weighted by molar-refractivity contribution is 7.09. The van der Waals surface area contributed by atoms with E-state index in [0.717, 1.165) is 4.80 Å². The minimum Gasteiger partial charge on any atom is -0.320 e. The molecule has 2 aromatic rings. The number of aromatic nitrogens is 1. The van der Waals surface area contributed by atoms with Crippen LogP contribution in [0.1, 0.15) is 4.88 Å². The van der Waals surface area contributed by atoms with E-state index in [2.05, 4.69) is 24.2 Å². The van der Waals surface area contributed by atoms with E-state index >= 15 is 0 Å². The predicted molar refractivity (Wildman–Crippen MR) is 63.2 cm³/mol. The maximum absolute atomic E-state index is 5.33. The molecule has 0 radical (unpaired) electrons. The van der Waals surface area contributed by atoms with Gasteiger partial charge in [0.15, 0.2) is 0 Å². The molecule has 0 amide bonds. The van der Waals surface area contributed by atoms with Crippen LogP contribution in [0.15, 0.2) is 35.4 Å². The lowest BCUT2D eigenvalue weighted by molar-refractivity contribution is 0.860. The van der Waals surface area contributed by atoms with Crippen LogP contribution in [0.5, 0.6) is 0 Å². The zero-order valence-corrected chi connectivity index (χ0v) is 9.58. The summed E-state index contributed by atoms with van der Waals surface area (Å²) in [5.74, 6) is 5.33. The first-order valence-electron chi connectivity index (χ1n) is 4.70. The Morgan fingerprint density at radius 3 is 2.47 bits per heavy atom. The Hall–Kier alpha value is -1.55. The zero-order valence-electron chi connectivity index (χ0n) is 8.77. The molecule has 4 heteroatoms. The molecule has 0 spiro atoms. The summed E-state index contributed by atoms with van der Waals surface area (Å²) in [7, 11) is 1.98. The summed E-state index contributed by atoms with van der Waals surface area (Å²) in [5, 5.41) is 3.76. The molecule has 0 aliphatic rings. The quantitative estimate of drug-likeness (QED) is 0.577.